The summed E-state index contributed by atoms with van der Waals surface area (Å²) in [6.07, 6.45) is 1.56. The highest BCUT2D eigenvalue weighted by molar-refractivity contribution is 5.78. The van der Waals surface area contributed by atoms with Crippen molar-refractivity contribution in [2.45, 2.75) is 45.1 Å². The molecule has 0 aliphatic heterocycles. The highest BCUT2D eigenvalue weighted by Gasteiger charge is 2.35. The van der Waals surface area contributed by atoms with Gasteiger partial charge in [-0.2, -0.15) is 0 Å². The molecule has 1 unspecified atom stereocenters. The minimum atomic E-state index is -0.759. The Morgan fingerprint density at radius 1 is 1.24 bits per heavy atom. The van der Waals surface area contributed by atoms with Gasteiger partial charge < -0.3 is 10.4 Å². The Morgan fingerprint density at radius 2 is 1.86 bits per heavy atom. The molecule has 0 aromatic heterocycles. The van der Waals surface area contributed by atoms with Crippen LogP contribution in [-0.4, -0.2) is 23.0 Å². The molecule has 1 aromatic rings. The van der Waals surface area contributed by atoms with E-state index in [1.807, 2.05) is 18.2 Å². The number of nitrogens with one attached hydrogen (secondary N) is 1. The van der Waals surface area contributed by atoms with E-state index in [9.17, 15) is 9.59 Å². The van der Waals surface area contributed by atoms with E-state index in [0.29, 0.717) is 25.2 Å². The number of carboxylic acid groups (broad SMARTS) is 1. The van der Waals surface area contributed by atoms with Gasteiger partial charge in [-0.15, -0.1) is 0 Å². The number of benzene rings is 1. The molecule has 1 atom stereocenters. The van der Waals surface area contributed by atoms with E-state index in [1.165, 1.54) is 5.56 Å². The molecule has 114 valence electrons. The van der Waals surface area contributed by atoms with Crippen molar-refractivity contribution >= 4 is 11.9 Å². The van der Waals surface area contributed by atoms with Gasteiger partial charge in [-0.25, -0.2) is 0 Å². The predicted molar refractivity (Wildman–Crippen MR) is 80.9 cm³/mol. The summed E-state index contributed by atoms with van der Waals surface area (Å²) in [4.78, 5) is 22.9. The Morgan fingerprint density at radius 3 is 2.38 bits per heavy atom. The van der Waals surface area contributed by atoms with Crippen LogP contribution in [0.2, 0.25) is 0 Å². The maximum absolute atomic E-state index is 12.2. The highest BCUT2D eigenvalue weighted by Crippen LogP contribution is 2.30. The monoisotopic (exact) mass is 289 g/mol. The van der Waals surface area contributed by atoms with Gasteiger partial charge in [0.05, 0.1) is 5.92 Å². The van der Waals surface area contributed by atoms with Crippen molar-refractivity contribution in [2.75, 3.05) is 0 Å². The maximum Gasteiger partial charge on any atom is 0.306 e. The number of carbonyl (C=O) groups excluding carboxylic acids is 1. The molecule has 0 radical (unpaired) electrons. The lowest BCUT2D eigenvalue weighted by atomic mass is 9.80. The molecule has 21 heavy (non-hydrogen) atoms. The smallest absolute Gasteiger partial charge is 0.306 e. The fourth-order valence-electron chi connectivity index (χ4n) is 2.86. The molecule has 4 heteroatoms. The zero-order valence-electron chi connectivity index (χ0n) is 12.6. The summed E-state index contributed by atoms with van der Waals surface area (Å²) in [5, 5.41) is 11.8. The summed E-state index contributed by atoms with van der Waals surface area (Å²) in [7, 11) is 0. The number of rotatable bonds is 6. The molecular formula is C17H23NO3. The van der Waals surface area contributed by atoms with Gasteiger partial charge >= 0.3 is 5.97 Å². The van der Waals surface area contributed by atoms with E-state index in [4.69, 9.17) is 5.11 Å². The molecule has 4 nitrogen and oxygen atoms in total. The Kier molecular flexibility index (Phi) is 4.99. The second-order valence-electron chi connectivity index (χ2n) is 6.24. The molecule has 2 N–H and O–H groups in total. The zero-order valence-corrected chi connectivity index (χ0v) is 12.6. The van der Waals surface area contributed by atoms with E-state index >= 15 is 0 Å². The Bertz CT molecular complexity index is 492. The van der Waals surface area contributed by atoms with Crippen molar-refractivity contribution in [3.8, 4) is 0 Å². The van der Waals surface area contributed by atoms with Crippen molar-refractivity contribution in [2.24, 2.45) is 11.8 Å². The van der Waals surface area contributed by atoms with E-state index in [1.54, 1.807) is 0 Å². The van der Waals surface area contributed by atoms with E-state index in [0.717, 1.165) is 0 Å². The summed E-state index contributed by atoms with van der Waals surface area (Å²) in [5.41, 5.74) is 1.18. The van der Waals surface area contributed by atoms with Gasteiger partial charge in [-0.3, -0.25) is 9.59 Å². The number of hydrogen-bond donors (Lipinski definition) is 2. The third-order valence-corrected chi connectivity index (χ3v) is 4.29. The molecule has 0 spiro atoms. The third kappa shape index (κ3) is 4.06. The van der Waals surface area contributed by atoms with Gasteiger partial charge in [0, 0.05) is 12.5 Å². The summed E-state index contributed by atoms with van der Waals surface area (Å²) in [6.45, 7) is 4.24. The Hall–Kier alpha value is -1.84. The van der Waals surface area contributed by atoms with Crippen LogP contribution in [0.25, 0.3) is 0 Å². The molecular weight excluding hydrogens is 266 g/mol. The summed E-state index contributed by atoms with van der Waals surface area (Å²) in [5.74, 6) is -0.450. The highest BCUT2D eigenvalue weighted by atomic mass is 16.4. The van der Waals surface area contributed by atoms with E-state index < -0.39 is 5.97 Å². The lowest BCUT2D eigenvalue weighted by Gasteiger charge is -2.33. The number of carbonyl (C=O) groups is 2. The van der Waals surface area contributed by atoms with Gasteiger partial charge in [0.25, 0.3) is 0 Å². The molecule has 1 aliphatic carbocycles. The van der Waals surface area contributed by atoms with E-state index in [2.05, 4.69) is 31.3 Å². The largest absolute Gasteiger partial charge is 0.481 e. The molecule has 1 aromatic carbocycles. The standard InChI is InChI=1S/C17H23NO3/c1-11(2)15(12-6-4-3-5-7-12)10-16(19)18-14-8-13(9-14)17(20)21/h3-7,11,13-15H,8-10H2,1-2H3,(H,18,19)(H,20,21). The molecule has 0 heterocycles. The van der Waals surface area contributed by atoms with Gasteiger partial charge in [-0.05, 0) is 30.2 Å². The summed E-state index contributed by atoms with van der Waals surface area (Å²) >= 11 is 0. The number of aliphatic carboxylic acids is 1. The minimum absolute atomic E-state index is 0.0198. The summed E-state index contributed by atoms with van der Waals surface area (Å²) in [6, 6.07) is 10.1. The minimum Gasteiger partial charge on any atom is -0.481 e. The van der Waals surface area contributed by atoms with Crippen LogP contribution < -0.4 is 5.32 Å². The first-order valence-corrected chi connectivity index (χ1v) is 7.54. The first kappa shape index (κ1) is 15.5. The number of carboxylic acids is 1. The van der Waals surface area contributed by atoms with Gasteiger partial charge in [-0.1, -0.05) is 44.2 Å². The molecule has 1 amide bonds. The summed E-state index contributed by atoms with van der Waals surface area (Å²) < 4.78 is 0. The fraction of sp³-hybridized carbons (Fsp3) is 0.529. The number of hydrogen-bond acceptors (Lipinski definition) is 2. The Labute approximate surface area is 125 Å². The van der Waals surface area contributed by atoms with Crippen molar-refractivity contribution in [3.63, 3.8) is 0 Å². The van der Waals surface area contributed by atoms with Crippen molar-refractivity contribution < 1.29 is 14.7 Å². The van der Waals surface area contributed by atoms with Crippen LogP contribution in [0.1, 0.15) is 44.6 Å². The number of amides is 1. The van der Waals surface area contributed by atoms with Crippen LogP contribution in [0.5, 0.6) is 0 Å². The van der Waals surface area contributed by atoms with Crippen molar-refractivity contribution in [1.82, 2.24) is 5.32 Å². The van der Waals surface area contributed by atoms with Gasteiger partial charge in [0.2, 0.25) is 5.91 Å². The normalized spacial score (nSPS) is 22.4. The van der Waals surface area contributed by atoms with Crippen LogP contribution >= 0.6 is 0 Å². The molecule has 0 bridgehead atoms. The second-order valence-corrected chi connectivity index (χ2v) is 6.24. The van der Waals surface area contributed by atoms with Gasteiger partial charge in [0.1, 0.15) is 0 Å². The van der Waals surface area contributed by atoms with Gasteiger partial charge in [0.15, 0.2) is 0 Å². The van der Waals surface area contributed by atoms with Crippen molar-refractivity contribution in [1.29, 1.82) is 0 Å². The lowest BCUT2D eigenvalue weighted by Crippen LogP contribution is -2.47. The van der Waals surface area contributed by atoms with Crippen LogP contribution in [0.3, 0.4) is 0 Å². The molecule has 1 fully saturated rings. The van der Waals surface area contributed by atoms with Crippen LogP contribution in [-0.2, 0) is 9.59 Å². The first-order chi connectivity index (χ1) is 9.97. The zero-order chi connectivity index (χ0) is 15.4. The average molecular weight is 289 g/mol. The molecule has 1 aliphatic rings. The average Bonchev–Trinajstić information content (AvgIpc) is 2.40. The molecule has 1 saturated carbocycles. The van der Waals surface area contributed by atoms with Crippen LogP contribution in [0, 0.1) is 11.8 Å². The maximum atomic E-state index is 12.2. The fourth-order valence-corrected chi connectivity index (χ4v) is 2.86. The quantitative estimate of drug-likeness (QED) is 0.846. The Balaban J connectivity index is 1.87. The molecule has 0 saturated heterocycles. The van der Waals surface area contributed by atoms with Crippen LogP contribution in [0.4, 0.5) is 0 Å². The van der Waals surface area contributed by atoms with Crippen LogP contribution in [0.15, 0.2) is 30.3 Å². The lowest BCUT2D eigenvalue weighted by molar-refractivity contribution is -0.146. The predicted octanol–water partition coefficient (Wildman–Crippen LogP) is 2.80. The second kappa shape index (κ2) is 6.74. The topological polar surface area (TPSA) is 66.4 Å². The van der Waals surface area contributed by atoms with E-state index in [-0.39, 0.29) is 23.8 Å². The van der Waals surface area contributed by atoms with Crippen molar-refractivity contribution in [3.05, 3.63) is 35.9 Å². The SMILES string of the molecule is CC(C)C(CC(=O)NC1CC(C(=O)O)C1)c1ccccc1. The first-order valence-electron chi connectivity index (χ1n) is 7.54. The third-order valence-electron chi connectivity index (χ3n) is 4.29. The molecule has 2 rings (SSSR count).